The third-order valence-electron chi connectivity index (χ3n) is 3.18. The van der Waals surface area contributed by atoms with Gasteiger partial charge in [0.05, 0.1) is 13.2 Å². The van der Waals surface area contributed by atoms with Crippen LogP contribution in [0.25, 0.3) is 0 Å². The van der Waals surface area contributed by atoms with E-state index in [2.05, 4.69) is 11.9 Å². The van der Waals surface area contributed by atoms with E-state index in [4.69, 9.17) is 4.74 Å². The molecule has 70 valence electrons. The molecule has 0 radical (unpaired) electrons. The fourth-order valence-electron chi connectivity index (χ4n) is 2.55. The molecule has 3 atom stereocenters. The largest absolute Gasteiger partial charge is 0.396 e. The van der Waals surface area contributed by atoms with Gasteiger partial charge < -0.3 is 14.7 Å². The van der Waals surface area contributed by atoms with Gasteiger partial charge in [-0.15, -0.1) is 0 Å². The molecule has 0 spiro atoms. The highest BCUT2D eigenvalue weighted by atomic mass is 16.5. The molecule has 2 aliphatic heterocycles. The molecule has 2 rings (SSSR count). The number of aliphatic hydroxyl groups is 1. The number of hydrogen-bond acceptors (Lipinski definition) is 3. The highest BCUT2D eigenvalue weighted by Gasteiger charge is 2.38. The van der Waals surface area contributed by atoms with E-state index in [-0.39, 0.29) is 0 Å². The van der Waals surface area contributed by atoms with Gasteiger partial charge in [0.15, 0.2) is 0 Å². The number of nitrogens with zero attached hydrogens (tertiary/aromatic N) is 1. The monoisotopic (exact) mass is 171 g/mol. The summed E-state index contributed by atoms with van der Waals surface area (Å²) < 4.78 is 5.48. The summed E-state index contributed by atoms with van der Waals surface area (Å²) in [6.07, 6.45) is 0. The minimum Gasteiger partial charge on any atom is -0.396 e. The standard InChI is InChI=1S/C9H17NO2/c1-10-2-7-5-12-6-8(3-10)9(7)4-11/h7-9,11H,2-6H2,1H3/t7-,8+,9-. The van der Waals surface area contributed by atoms with Crippen molar-refractivity contribution >= 4 is 0 Å². The molecular weight excluding hydrogens is 154 g/mol. The zero-order valence-corrected chi connectivity index (χ0v) is 7.57. The van der Waals surface area contributed by atoms with Crippen LogP contribution >= 0.6 is 0 Å². The third-order valence-corrected chi connectivity index (χ3v) is 3.18. The number of likely N-dealkylation sites (tertiary alicyclic amines) is 1. The maximum absolute atomic E-state index is 9.21. The van der Waals surface area contributed by atoms with Crippen molar-refractivity contribution in [2.75, 3.05) is 40.0 Å². The summed E-state index contributed by atoms with van der Waals surface area (Å²) in [4.78, 5) is 2.35. The first-order chi connectivity index (χ1) is 5.81. The zero-order chi connectivity index (χ0) is 8.55. The summed E-state index contributed by atoms with van der Waals surface area (Å²) >= 11 is 0. The highest BCUT2D eigenvalue weighted by molar-refractivity contribution is 4.87. The second-order valence-electron chi connectivity index (χ2n) is 4.13. The first-order valence-electron chi connectivity index (χ1n) is 4.68. The summed E-state index contributed by atoms with van der Waals surface area (Å²) in [7, 11) is 2.15. The number of piperidine rings is 1. The first-order valence-corrected chi connectivity index (χ1v) is 4.68. The minimum atomic E-state index is 0.340. The van der Waals surface area contributed by atoms with Crippen LogP contribution in [0.5, 0.6) is 0 Å². The Morgan fingerprint density at radius 3 is 2.42 bits per heavy atom. The molecule has 12 heavy (non-hydrogen) atoms. The zero-order valence-electron chi connectivity index (χ0n) is 7.57. The Hall–Kier alpha value is -0.120. The van der Waals surface area contributed by atoms with Crippen LogP contribution in [0.1, 0.15) is 0 Å². The fourth-order valence-corrected chi connectivity index (χ4v) is 2.55. The Balaban J connectivity index is 2.06. The lowest BCUT2D eigenvalue weighted by Gasteiger charge is -2.45. The molecular formula is C9H17NO2. The fraction of sp³-hybridized carbons (Fsp3) is 1.00. The maximum atomic E-state index is 9.21. The average Bonchev–Trinajstić information content (AvgIpc) is 2.02. The summed E-state index contributed by atoms with van der Waals surface area (Å²) in [6.45, 7) is 4.19. The predicted octanol–water partition coefficient (Wildman–Crippen LogP) is -0.197. The Kier molecular flexibility index (Phi) is 2.35. The molecule has 0 aromatic heterocycles. The maximum Gasteiger partial charge on any atom is 0.0510 e. The molecule has 0 aromatic carbocycles. The van der Waals surface area contributed by atoms with Gasteiger partial charge in [0, 0.05) is 31.5 Å². The average molecular weight is 171 g/mol. The molecule has 0 aliphatic carbocycles. The molecule has 0 saturated carbocycles. The lowest BCUT2D eigenvalue weighted by Crippen LogP contribution is -2.52. The smallest absolute Gasteiger partial charge is 0.0510 e. The Bertz CT molecular complexity index is 149. The van der Waals surface area contributed by atoms with Crippen molar-refractivity contribution < 1.29 is 9.84 Å². The van der Waals surface area contributed by atoms with Gasteiger partial charge in [-0.3, -0.25) is 0 Å². The molecule has 2 bridgehead atoms. The lowest BCUT2D eigenvalue weighted by molar-refractivity contribution is -0.0918. The molecule has 0 unspecified atom stereocenters. The van der Waals surface area contributed by atoms with Crippen LogP contribution in [-0.4, -0.2) is 50.0 Å². The van der Waals surface area contributed by atoms with Gasteiger partial charge in [0.25, 0.3) is 0 Å². The molecule has 3 heteroatoms. The van der Waals surface area contributed by atoms with E-state index in [1.165, 1.54) is 0 Å². The number of rotatable bonds is 1. The van der Waals surface area contributed by atoms with E-state index < -0.39 is 0 Å². The Morgan fingerprint density at radius 1 is 1.33 bits per heavy atom. The van der Waals surface area contributed by atoms with Gasteiger partial charge in [-0.25, -0.2) is 0 Å². The highest BCUT2D eigenvalue weighted by Crippen LogP contribution is 2.31. The first kappa shape index (κ1) is 8.48. The molecule has 0 amide bonds. The van der Waals surface area contributed by atoms with Crippen molar-refractivity contribution in [1.82, 2.24) is 4.90 Å². The summed E-state index contributed by atoms with van der Waals surface area (Å²) in [6, 6.07) is 0. The van der Waals surface area contributed by atoms with Crippen LogP contribution in [-0.2, 0) is 4.74 Å². The van der Waals surface area contributed by atoms with Gasteiger partial charge in [0.2, 0.25) is 0 Å². The van der Waals surface area contributed by atoms with Crippen LogP contribution < -0.4 is 0 Å². The second-order valence-corrected chi connectivity index (χ2v) is 4.13. The number of fused-ring (bicyclic) bond motifs is 2. The van der Waals surface area contributed by atoms with E-state index in [1.54, 1.807) is 0 Å². The van der Waals surface area contributed by atoms with Crippen molar-refractivity contribution in [3.63, 3.8) is 0 Å². The summed E-state index contributed by atoms with van der Waals surface area (Å²) in [5, 5.41) is 9.21. The summed E-state index contributed by atoms with van der Waals surface area (Å²) in [5.41, 5.74) is 0. The molecule has 0 aromatic rings. The predicted molar refractivity (Wildman–Crippen MR) is 45.9 cm³/mol. The Morgan fingerprint density at radius 2 is 1.92 bits per heavy atom. The number of aliphatic hydroxyl groups excluding tert-OH is 1. The van der Waals surface area contributed by atoms with E-state index in [0.717, 1.165) is 26.3 Å². The van der Waals surface area contributed by atoms with Gasteiger partial charge in [-0.1, -0.05) is 0 Å². The van der Waals surface area contributed by atoms with Gasteiger partial charge in [-0.2, -0.15) is 0 Å². The van der Waals surface area contributed by atoms with Crippen molar-refractivity contribution in [1.29, 1.82) is 0 Å². The van der Waals surface area contributed by atoms with E-state index >= 15 is 0 Å². The molecule has 2 heterocycles. The van der Waals surface area contributed by atoms with Crippen LogP contribution in [0, 0.1) is 17.8 Å². The molecule has 2 fully saturated rings. The van der Waals surface area contributed by atoms with E-state index in [1.807, 2.05) is 0 Å². The SMILES string of the molecule is CN1C[C@H]2COC[C@@H](C1)[C@H]2CO. The van der Waals surface area contributed by atoms with Crippen LogP contribution in [0.3, 0.4) is 0 Å². The molecule has 2 saturated heterocycles. The molecule has 2 aliphatic rings. The topological polar surface area (TPSA) is 32.7 Å². The number of hydrogen-bond donors (Lipinski definition) is 1. The van der Waals surface area contributed by atoms with E-state index in [9.17, 15) is 5.11 Å². The van der Waals surface area contributed by atoms with Crippen LogP contribution in [0.2, 0.25) is 0 Å². The third kappa shape index (κ3) is 1.37. The Labute approximate surface area is 73.3 Å². The molecule has 1 N–H and O–H groups in total. The van der Waals surface area contributed by atoms with Gasteiger partial charge in [0.1, 0.15) is 0 Å². The van der Waals surface area contributed by atoms with Crippen molar-refractivity contribution in [2.24, 2.45) is 17.8 Å². The normalized spacial score (nSPS) is 43.0. The van der Waals surface area contributed by atoms with E-state index in [0.29, 0.717) is 24.4 Å². The van der Waals surface area contributed by atoms with Crippen LogP contribution in [0.15, 0.2) is 0 Å². The molecule has 3 nitrogen and oxygen atoms in total. The quantitative estimate of drug-likeness (QED) is 0.593. The summed E-state index contributed by atoms with van der Waals surface area (Å²) in [5.74, 6) is 1.62. The van der Waals surface area contributed by atoms with Crippen LogP contribution in [0.4, 0.5) is 0 Å². The van der Waals surface area contributed by atoms with Gasteiger partial charge >= 0.3 is 0 Å². The lowest BCUT2D eigenvalue weighted by atomic mass is 9.77. The van der Waals surface area contributed by atoms with Gasteiger partial charge in [-0.05, 0) is 13.0 Å². The minimum absolute atomic E-state index is 0.340. The second kappa shape index (κ2) is 3.32. The van der Waals surface area contributed by atoms with Crippen molar-refractivity contribution in [3.05, 3.63) is 0 Å². The van der Waals surface area contributed by atoms with Crippen molar-refractivity contribution in [3.8, 4) is 0 Å². The van der Waals surface area contributed by atoms with Crippen molar-refractivity contribution in [2.45, 2.75) is 0 Å². The number of ether oxygens (including phenoxy) is 1.